The predicted octanol–water partition coefficient (Wildman–Crippen LogP) is 5.98. The molecule has 7 heteroatoms. The van der Waals surface area contributed by atoms with Crippen molar-refractivity contribution in [3.63, 3.8) is 0 Å². The van der Waals surface area contributed by atoms with Gasteiger partial charge in [0.15, 0.2) is 11.5 Å². The molecule has 0 aliphatic rings. The van der Waals surface area contributed by atoms with Gasteiger partial charge in [-0.15, -0.1) is 0 Å². The minimum absolute atomic E-state index is 0.170. The summed E-state index contributed by atoms with van der Waals surface area (Å²) in [6.45, 7) is 9.89. The fraction of sp³-hybridized carbons (Fsp3) is 0.400. The molecule has 0 spiro atoms. The lowest BCUT2D eigenvalue weighted by atomic mass is 10.1. The van der Waals surface area contributed by atoms with Crippen molar-refractivity contribution in [2.24, 2.45) is 0 Å². The summed E-state index contributed by atoms with van der Waals surface area (Å²) in [5, 5.41) is 0. The van der Waals surface area contributed by atoms with Gasteiger partial charge < -0.3 is 14.4 Å². The average molecular weight is 525 g/mol. The van der Waals surface area contributed by atoms with Crippen LogP contribution in [0.3, 0.4) is 0 Å². The maximum Gasteiger partial charge on any atom is 0.243 e. The topological polar surface area (TPSA) is 59.1 Å². The van der Waals surface area contributed by atoms with Gasteiger partial charge in [0, 0.05) is 12.6 Å². The Bertz CT molecular complexity index is 1180. The quantitative estimate of drug-likeness (QED) is 0.245. The van der Waals surface area contributed by atoms with Crippen molar-refractivity contribution in [3.05, 3.63) is 90.0 Å². The molecule has 0 amide bonds. The molecule has 1 unspecified atom stereocenters. The Morgan fingerprint density at radius 2 is 1.49 bits per heavy atom. The van der Waals surface area contributed by atoms with Crippen LogP contribution in [0.4, 0.5) is 0 Å². The van der Waals surface area contributed by atoms with E-state index in [2.05, 4.69) is 18.7 Å². The zero-order chi connectivity index (χ0) is 26.7. The van der Waals surface area contributed by atoms with Crippen LogP contribution >= 0.6 is 0 Å². The molecule has 1 atom stereocenters. The molecule has 0 heterocycles. The fourth-order valence-corrected chi connectivity index (χ4v) is 6.02. The van der Waals surface area contributed by atoms with Gasteiger partial charge in [-0.1, -0.05) is 68.4 Å². The van der Waals surface area contributed by atoms with Crippen molar-refractivity contribution in [2.75, 3.05) is 26.7 Å². The van der Waals surface area contributed by atoms with Gasteiger partial charge in [0.25, 0.3) is 0 Å². The monoisotopic (exact) mass is 524 g/mol. The van der Waals surface area contributed by atoms with Gasteiger partial charge in [-0.2, -0.15) is 4.31 Å². The molecular weight excluding hydrogens is 484 g/mol. The fourth-order valence-electron chi connectivity index (χ4n) is 4.35. The molecule has 6 nitrogen and oxygen atoms in total. The van der Waals surface area contributed by atoms with Crippen LogP contribution < -0.4 is 9.47 Å². The third kappa shape index (κ3) is 8.06. The number of nitrogens with zero attached hydrogens (tertiary/aromatic N) is 2. The number of ether oxygens (including phenoxy) is 2. The predicted molar refractivity (Wildman–Crippen MR) is 149 cm³/mol. The highest BCUT2D eigenvalue weighted by atomic mass is 32.2. The van der Waals surface area contributed by atoms with Gasteiger partial charge in [0.1, 0.15) is 6.61 Å². The standard InChI is InChI=1S/C30H40N2O4S/c1-5-31(6-2)21-13-14-25(3)32(37(33,34)28-17-11-8-12-18-28)23-27-19-20-29(35-4)30(22-27)36-24-26-15-9-7-10-16-26/h7-12,15-20,22,25H,5-6,13-14,21,23-24H2,1-4H3. The maximum atomic E-state index is 13.8. The van der Waals surface area contributed by atoms with Gasteiger partial charge in [0.05, 0.1) is 12.0 Å². The Hall–Kier alpha value is -2.87. The lowest BCUT2D eigenvalue weighted by Crippen LogP contribution is -2.38. The average Bonchev–Trinajstić information content (AvgIpc) is 2.93. The highest BCUT2D eigenvalue weighted by Gasteiger charge is 2.29. The van der Waals surface area contributed by atoms with E-state index < -0.39 is 10.0 Å². The number of rotatable bonds is 15. The Labute approximate surface area is 222 Å². The van der Waals surface area contributed by atoms with Crippen LogP contribution in [0, 0.1) is 0 Å². The van der Waals surface area contributed by atoms with Crippen LogP contribution in [0.25, 0.3) is 0 Å². The van der Waals surface area contributed by atoms with Crippen molar-refractivity contribution >= 4 is 10.0 Å². The van der Waals surface area contributed by atoms with Crippen LogP contribution in [0.15, 0.2) is 83.8 Å². The Kier molecular flexibility index (Phi) is 11.0. The molecular formula is C30H40N2O4S. The van der Waals surface area contributed by atoms with E-state index in [-0.39, 0.29) is 12.6 Å². The zero-order valence-corrected chi connectivity index (χ0v) is 23.3. The van der Waals surface area contributed by atoms with E-state index in [0.29, 0.717) is 23.0 Å². The van der Waals surface area contributed by atoms with Crippen LogP contribution in [0.2, 0.25) is 0 Å². The molecule has 0 aliphatic heterocycles. The minimum Gasteiger partial charge on any atom is -0.493 e. The summed E-state index contributed by atoms with van der Waals surface area (Å²) in [5.74, 6) is 1.21. The van der Waals surface area contributed by atoms with Gasteiger partial charge in [-0.3, -0.25) is 0 Å². The van der Waals surface area contributed by atoms with Crippen LogP contribution in [0.5, 0.6) is 11.5 Å². The van der Waals surface area contributed by atoms with Crippen molar-refractivity contribution in [1.29, 1.82) is 0 Å². The molecule has 37 heavy (non-hydrogen) atoms. The molecule has 3 aromatic carbocycles. The Morgan fingerprint density at radius 3 is 2.11 bits per heavy atom. The SMILES string of the molecule is CCN(CC)CCCC(C)N(Cc1ccc(OC)c(OCc2ccccc2)c1)S(=O)(=O)c1ccccc1. The number of benzene rings is 3. The third-order valence-corrected chi connectivity index (χ3v) is 8.61. The van der Waals surface area contributed by atoms with Crippen LogP contribution in [-0.4, -0.2) is 50.4 Å². The van der Waals surface area contributed by atoms with Crippen molar-refractivity contribution in [1.82, 2.24) is 9.21 Å². The van der Waals surface area contributed by atoms with Crippen molar-refractivity contribution in [2.45, 2.75) is 57.7 Å². The van der Waals surface area contributed by atoms with E-state index in [1.165, 1.54) is 0 Å². The highest BCUT2D eigenvalue weighted by Crippen LogP contribution is 2.31. The molecule has 3 rings (SSSR count). The first-order valence-electron chi connectivity index (χ1n) is 13.0. The largest absolute Gasteiger partial charge is 0.493 e. The second-order valence-electron chi connectivity index (χ2n) is 9.14. The zero-order valence-electron chi connectivity index (χ0n) is 22.5. The smallest absolute Gasteiger partial charge is 0.243 e. The van der Waals surface area contributed by atoms with Crippen molar-refractivity contribution < 1.29 is 17.9 Å². The first kappa shape index (κ1) is 28.7. The Balaban J connectivity index is 1.84. The lowest BCUT2D eigenvalue weighted by molar-refractivity contribution is 0.264. The van der Waals surface area contributed by atoms with Crippen molar-refractivity contribution in [3.8, 4) is 11.5 Å². The van der Waals surface area contributed by atoms with E-state index in [0.717, 1.165) is 43.6 Å². The number of sulfonamides is 1. The number of hydrogen-bond acceptors (Lipinski definition) is 5. The lowest BCUT2D eigenvalue weighted by Gasteiger charge is -2.29. The molecule has 3 aromatic rings. The number of hydrogen-bond donors (Lipinski definition) is 0. The molecule has 0 fully saturated rings. The molecule has 0 saturated heterocycles. The number of methoxy groups -OCH3 is 1. The summed E-state index contributed by atoms with van der Waals surface area (Å²) in [6, 6.07) is 24.1. The third-order valence-electron chi connectivity index (χ3n) is 6.64. The maximum absolute atomic E-state index is 13.8. The summed E-state index contributed by atoms with van der Waals surface area (Å²) in [4.78, 5) is 2.67. The van der Waals surface area contributed by atoms with E-state index in [9.17, 15) is 8.42 Å². The van der Waals surface area contributed by atoms with E-state index in [4.69, 9.17) is 9.47 Å². The Morgan fingerprint density at radius 1 is 0.838 bits per heavy atom. The van der Waals surface area contributed by atoms with Gasteiger partial charge in [-0.05, 0) is 74.8 Å². The first-order chi connectivity index (χ1) is 17.9. The summed E-state index contributed by atoms with van der Waals surface area (Å²) < 4.78 is 40.7. The minimum atomic E-state index is -3.70. The normalized spacial score (nSPS) is 12.6. The van der Waals surface area contributed by atoms with E-state index in [1.54, 1.807) is 35.7 Å². The highest BCUT2D eigenvalue weighted by molar-refractivity contribution is 7.89. The molecule has 0 saturated carbocycles. The van der Waals surface area contributed by atoms with E-state index >= 15 is 0 Å². The second-order valence-corrected chi connectivity index (χ2v) is 11.0. The summed E-state index contributed by atoms with van der Waals surface area (Å²) in [6.07, 6.45) is 1.70. The summed E-state index contributed by atoms with van der Waals surface area (Å²) in [7, 11) is -2.09. The van der Waals surface area contributed by atoms with Crippen LogP contribution in [-0.2, 0) is 23.2 Å². The first-order valence-corrected chi connectivity index (χ1v) is 14.5. The second kappa shape index (κ2) is 14.2. The molecule has 0 N–H and O–H groups in total. The van der Waals surface area contributed by atoms with Gasteiger partial charge in [0.2, 0.25) is 10.0 Å². The molecule has 200 valence electrons. The molecule has 0 aromatic heterocycles. The van der Waals surface area contributed by atoms with E-state index in [1.807, 2.05) is 61.5 Å². The molecule has 0 bridgehead atoms. The molecule has 0 radical (unpaired) electrons. The summed E-state index contributed by atoms with van der Waals surface area (Å²) in [5.41, 5.74) is 1.89. The van der Waals surface area contributed by atoms with Gasteiger partial charge in [-0.25, -0.2) is 8.42 Å². The van der Waals surface area contributed by atoms with Crippen LogP contribution in [0.1, 0.15) is 44.7 Å². The molecule has 0 aliphatic carbocycles. The summed E-state index contributed by atoms with van der Waals surface area (Å²) >= 11 is 0. The van der Waals surface area contributed by atoms with Gasteiger partial charge >= 0.3 is 0 Å².